The Balaban J connectivity index is 1.14. The molecule has 186 valence electrons. The first-order valence-corrected chi connectivity index (χ1v) is 13.4. The SMILES string of the molecule is O=C(Nc1cc(C2CCN(C3CCC3)CC2)nn1-c1ccc(C2CC2)cn1)C1C=NN2C=CC=NC12. The monoisotopic (exact) mass is 484 g/mol. The average molecular weight is 485 g/mol. The van der Waals surface area contributed by atoms with Crippen molar-refractivity contribution >= 4 is 24.2 Å². The molecule has 2 saturated carbocycles. The second kappa shape index (κ2) is 8.96. The van der Waals surface area contributed by atoms with Gasteiger partial charge in [-0.3, -0.25) is 9.79 Å². The largest absolute Gasteiger partial charge is 0.310 e. The number of aromatic nitrogens is 3. The van der Waals surface area contributed by atoms with Crippen LogP contribution in [0.15, 0.2) is 46.8 Å². The van der Waals surface area contributed by atoms with Gasteiger partial charge in [0.2, 0.25) is 5.91 Å². The number of fused-ring (bicyclic) bond motifs is 1. The Morgan fingerprint density at radius 1 is 1.03 bits per heavy atom. The summed E-state index contributed by atoms with van der Waals surface area (Å²) in [7, 11) is 0. The van der Waals surface area contributed by atoms with Crippen LogP contribution in [0, 0.1) is 5.92 Å². The number of piperidine rings is 1. The smallest absolute Gasteiger partial charge is 0.238 e. The summed E-state index contributed by atoms with van der Waals surface area (Å²) in [5, 5.41) is 14.2. The Morgan fingerprint density at radius 2 is 1.89 bits per heavy atom. The Kier molecular flexibility index (Phi) is 5.45. The summed E-state index contributed by atoms with van der Waals surface area (Å²) < 4.78 is 1.80. The number of hydrazone groups is 1. The second-order valence-corrected chi connectivity index (χ2v) is 10.7. The maximum Gasteiger partial charge on any atom is 0.238 e. The Bertz CT molecular complexity index is 1210. The fourth-order valence-electron chi connectivity index (χ4n) is 5.78. The number of pyridine rings is 1. The number of carbonyl (C=O) groups is 1. The van der Waals surface area contributed by atoms with Gasteiger partial charge in [-0.05, 0) is 75.2 Å². The minimum absolute atomic E-state index is 0.138. The number of hydrogen-bond donors (Lipinski definition) is 1. The lowest BCUT2D eigenvalue weighted by atomic mass is 9.87. The zero-order valence-corrected chi connectivity index (χ0v) is 20.4. The molecule has 2 aromatic heterocycles. The molecule has 1 amide bonds. The Hall–Kier alpha value is -3.33. The predicted octanol–water partition coefficient (Wildman–Crippen LogP) is 3.66. The van der Waals surface area contributed by atoms with Crippen LogP contribution in [0.4, 0.5) is 5.82 Å². The van der Waals surface area contributed by atoms with E-state index in [4.69, 9.17) is 10.1 Å². The Labute approximate surface area is 211 Å². The zero-order valence-electron chi connectivity index (χ0n) is 20.4. The summed E-state index contributed by atoms with van der Waals surface area (Å²) >= 11 is 0. The summed E-state index contributed by atoms with van der Waals surface area (Å²) in [6, 6.07) is 7.01. The molecule has 1 saturated heterocycles. The molecule has 36 heavy (non-hydrogen) atoms. The van der Waals surface area contributed by atoms with Gasteiger partial charge in [-0.15, -0.1) is 0 Å². The summed E-state index contributed by atoms with van der Waals surface area (Å²) in [5.41, 5.74) is 2.32. The molecule has 2 unspecified atom stereocenters. The van der Waals surface area contributed by atoms with Crippen LogP contribution in [0.1, 0.15) is 68.0 Å². The van der Waals surface area contributed by atoms with Gasteiger partial charge in [0.1, 0.15) is 11.7 Å². The van der Waals surface area contributed by atoms with E-state index in [1.54, 1.807) is 22.1 Å². The quantitative estimate of drug-likeness (QED) is 0.676. The number of anilines is 1. The van der Waals surface area contributed by atoms with Crippen LogP contribution in [0.25, 0.3) is 5.82 Å². The molecule has 7 rings (SSSR count). The van der Waals surface area contributed by atoms with Crippen LogP contribution in [0.5, 0.6) is 0 Å². The minimum Gasteiger partial charge on any atom is -0.310 e. The van der Waals surface area contributed by atoms with E-state index in [0.717, 1.165) is 43.5 Å². The predicted molar refractivity (Wildman–Crippen MR) is 138 cm³/mol. The van der Waals surface area contributed by atoms with Gasteiger partial charge >= 0.3 is 0 Å². The van der Waals surface area contributed by atoms with Crippen molar-refractivity contribution in [3.05, 3.63) is 47.9 Å². The number of carbonyl (C=O) groups excluding carboxylic acids is 1. The topological polar surface area (TPSA) is 91.0 Å². The molecule has 0 spiro atoms. The molecule has 5 heterocycles. The maximum absolute atomic E-state index is 13.4. The van der Waals surface area contributed by atoms with Gasteiger partial charge in [-0.2, -0.15) is 14.9 Å². The summed E-state index contributed by atoms with van der Waals surface area (Å²) in [4.78, 5) is 25.2. The third-order valence-electron chi connectivity index (χ3n) is 8.37. The molecule has 3 fully saturated rings. The average Bonchev–Trinajstić information content (AvgIpc) is 3.51. The van der Waals surface area contributed by atoms with Crippen LogP contribution in [-0.2, 0) is 4.79 Å². The molecule has 9 heteroatoms. The van der Waals surface area contributed by atoms with Gasteiger partial charge in [-0.25, -0.2) is 9.99 Å². The van der Waals surface area contributed by atoms with E-state index in [9.17, 15) is 4.79 Å². The van der Waals surface area contributed by atoms with E-state index < -0.39 is 5.92 Å². The first-order chi connectivity index (χ1) is 17.7. The first-order valence-electron chi connectivity index (χ1n) is 13.4. The van der Waals surface area contributed by atoms with E-state index in [1.165, 1.54) is 37.7 Å². The summed E-state index contributed by atoms with van der Waals surface area (Å²) in [6.45, 7) is 2.25. The van der Waals surface area contributed by atoms with Crippen molar-refractivity contribution in [3.63, 3.8) is 0 Å². The van der Waals surface area contributed by atoms with Crippen LogP contribution in [-0.4, -0.2) is 68.3 Å². The van der Waals surface area contributed by atoms with Gasteiger partial charge in [0.15, 0.2) is 12.0 Å². The van der Waals surface area contributed by atoms with Crippen molar-refractivity contribution in [3.8, 4) is 5.82 Å². The highest BCUT2D eigenvalue weighted by molar-refractivity contribution is 6.03. The third-order valence-corrected chi connectivity index (χ3v) is 8.37. The van der Waals surface area contributed by atoms with Crippen molar-refractivity contribution in [1.29, 1.82) is 0 Å². The maximum atomic E-state index is 13.4. The molecule has 0 bridgehead atoms. The van der Waals surface area contributed by atoms with E-state index in [2.05, 4.69) is 26.4 Å². The second-order valence-electron chi connectivity index (χ2n) is 10.7. The number of likely N-dealkylation sites (tertiary alicyclic amines) is 1. The highest BCUT2D eigenvalue weighted by Gasteiger charge is 2.36. The molecule has 2 atom stereocenters. The van der Waals surface area contributed by atoms with Crippen molar-refractivity contribution in [2.45, 2.75) is 69.0 Å². The number of allylic oxidation sites excluding steroid dienone is 1. The summed E-state index contributed by atoms with van der Waals surface area (Å²) in [6.07, 6.45) is 17.4. The zero-order chi connectivity index (χ0) is 24.1. The van der Waals surface area contributed by atoms with E-state index in [0.29, 0.717) is 17.7 Å². The Morgan fingerprint density at radius 3 is 2.61 bits per heavy atom. The lowest BCUT2D eigenvalue weighted by Gasteiger charge is -2.41. The van der Waals surface area contributed by atoms with Crippen LogP contribution in [0.3, 0.4) is 0 Å². The van der Waals surface area contributed by atoms with E-state index in [-0.39, 0.29) is 12.1 Å². The highest BCUT2D eigenvalue weighted by Crippen LogP contribution is 2.40. The lowest BCUT2D eigenvalue weighted by Crippen LogP contribution is -2.44. The lowest BCUT2D eigenvalue weighted by molar-refractivity contribution is -0.118. The van der Waals surface area contributed by atoms with Crippen molar-refractivity contribution in [2.75, 3.05) is 18.4 Å². The molecule has 2 aliphatic carbocycles. The number of rotatable bonds is 6. The van der Waals surface area contributed by atoms with Crippen LogP contribution < -0.4 is 5.32 Å². The van der Waals surface area contributed by atoms with Crippen LogP contribution in [0.2, 0.25) is 0 Å². The highest BCUT2D eigenvalue weighted by atomic mass is 16.2. The first kappa shape index (κ1) is 21.9. The standard InChI is InChI=1S/C27H32N8O/c36-27(22-17-30-34-12-2-11-28-26(22)34)31-25-15-23(19-9-13-33(14-10-19)21-3-1-4-21)32-35(25)24-8-7-20(16-29-24)18-5-6-18/h2,7-8,11-12,15-19,21-22,26H,1,3-6,9-10,13-14H2,(H,31,36). The fraction of sp³-hybridized carbons (Fsp3) is 0.519. The van der Waals surface area contributed by atoms with Crippen LogP contribution >= 0.6 is 0 Å². The van der Waals surface area contributed by atoms with E-state index >= 15 is 0 Å². The van der Waals surface area contributed by atoms with Gasteiger partial charge in [-0.1, -0.05) is 12.5 Å². The molecular formula is C27H32N8O. The molecule has 0 radical (unpaired) electrons. The number of nitrogens with one attached hydrogen (secondary N) is 1. The minimum atomic E-state index is -0.464. The van der Waals surface area contributed by atoms with Crippen molar-refractivity contribution < 1.29 is 4.79 Å². The normalized spacial score (nSPS) is 26.3. The van der Waals surface area contributed by atoms with E-state index in [1.807, 2.05) is 30.6 Å². The molecular weight excluding hydrogens is 452 g/mol. The van der Waals surface area contributed by atoms with Crippen molar-refractivity contribution in [1.82, 2.24) is 24.7 Å². The number of aliphatic imine (C=N–C) groups is 1. The third kappa shape index (κ3) is 4.05. The van der Waals surface area contributed by atoms with Crippen molar-refractivity contribution in [2.24, 2.45) is 16.0 Å². The fourth-order valence-corrected chi connectivity index (χ4v) is 5.78. The van der Waals surface area contributed by atoms with Gasteiger partial charge in [0.05, 0.1) is 5.69 Å². The number of nitrogens with zero attached hydrogens (tertiary/aromatic N) is 7. The van der Waals surface area contributed by atoms with Gasteiger partial charge in [0.25, 0.3) is 0 Å². The molecule has 1 N–H and O–H groups in total. The molecule has 0 aromatic carbocycles. The molecule has 2 aromatic rings. The molecule has 9 nitrogen and oxygen atoms in total. The van der Waals surface area contributed by atoms with Gasteiger partial charge in [0, 0.05) is 42.9 Å². The number of hydrogen-bond acceptors (Lipinski definition) is 7. The summed E-state index contributed by atoms with van der Waals surface area (Å²) in [5.74, 6) is 1.82. The molecule has 3 aliphatic heterocycles. The molecule has 5 aliphatic rings. The number of amides is 1. The van der Waals surface area contributed by atoms with Gasteiger partial charge < -0.3 is 10.2 Å².